The van der Waals surface area contributed by atoms with E-state index in [1.807, 2.05) is 13.0 Å². The molecule has 0 saturated heterocycles. The molecule has 1 fully saturated rings. The third-order valence-corrected chi connectivity index (χ3v) is 6.89. The Hall–Kier alpha value is -3.16. The average molecular weight is 485 g/mol. The molecule has 0 bridgehead atoms. The van der Waals surface area contributed by atoms with Gasteiger partial charge in [-0.2, -0.15) is 13.2 Å². The first-order chi connectivity index (χ1) is 16.5. The van der Waals surface area contributed by atoms with Crippen molar-refractivity contribution < 1.29 is 18.0 Å². The molecule has 1 aliphatic rings. The third-order valence-electron chi connectivity index (χ3n) is 6.89. The summed E-state index contributed by atoms with van der Waals surface area (Å²) in [5.41, 5.74) is 1.83. The maximum absolute atomic E-state index is 13.2. The molecular formula is C27H31F3N4O. The summed E-state index contributed by atoms with van der Waals surface area (Å²) in [6, 6.07) is 11.1. The average Bonchev–Trinajstić information content (AvgIpc) is 2.83. The van der Waals surface area contributed by atoms with Gasteiger partial charge in [-0.1, -0.05) is 18.2 Å². The summed E-state index contributed by atoms with van der Waals surface area (Å²) in [5, 5.41) is 4.16. The Morgan fingerprint density at radius 3 is 2.43 bits per heavy atom. The van der Waals surface area contributed by atoms with Crippen LogP contribution in [0.15, 0.2) is 42.5 Å². The van der Waals surface area contributed by atoms with Crippen molar-refractivity contribution in [2.75, 3.05) is 19.4 Å². The molecule has 4 rings (SSSR count). The van der Waals surface area contributed by atoms with Crippen LogP contribution >= 0.6 is 0 Å². The second kappa shape index (κ2) is 9.84. The van der Waals surface area contributed by atoms with E-state index in [2.05, 4.69) is 27.4 Å². The van der Waals surface area contributed by atoms with Crippen LogP contribution in [0.25, 0.3) is 10.9 Å². The number of aryl methyl sites for hydroxylation is 1. The predicted octanol–water partition coefficient (Wildman–Crippen LogP) is 6.49. The number of alkyl halides is 3. The van der Waals surface area contributed by atoms with Gasteiger partial charge in [0.05, 0.1) is 11.1 Å². The van der Waals surface area contributed by atoms with Crippen LogP contribution in [0.1, 0.15) is 67.1 Å². The Labute approximate surface area is 203 Å². The van der Waals surface area contributed by atoms with Crippen molar-refractivity contribution in [2.24, 2.45) is 5.92 Å². The lowest BCUT2D eigenvalue weighted by atomic mass is 9.78. The van der Waals surface area contributed by atoms with Crippen molar-refractivity contribution in [1.29, 1.82) is 0 Å². The van der Waals surface area contributed by atoms with Crippen LogP contribution in [0.5, 0.6) is 0 Å². The fourth-order valence-corrected chi connectivity index (χ4v) is 4.94. The van der Waals surface area contributed by atoms with Crippen molar-refractivity contribution in [2.45, 2.75) is 57.7 Å². The van der Waals surface area contributed by atoms with Gasteiger partial charge in [0.25, 0.3) is 0 Å². The second-order valence-corrected chi connectivity index (χ2v) is 9.67. The van der Waals surface area contributed by atoms with Gasteiger partial charge in [0.15, 0.2) is 0 Å². The first-order valence-corrected chi connectivity index (χ1v) is 12.0. The summed E-state index contributed by atoms with van der Waals surface area (Å²) in [6.07, 6.45) is -0.791. The van der Waals surface area contributed by atoms with Crippen LogP contribution in [0.4, 0.5) is 19.0 Å². The van der Waals surface area contributed by atoms with Crippen molar-refractivity contribution in [3.05, 3.63) is 65.0 Å². The van der Waals surface area contributed by atoms with Crippen LogP contribution in [0.2, 0.25) is 0 Å². The van der Waals surface area contributed by atoms with Gasteiger partial charge in [0.2, 0.25) is 5.91 Å². The van der Waals surface area contributed by atoms with E-state index in [9.17, 15) is 18.0 Å². The Kier molecular flexibility index (Phi) is 7.01. The minimum atomic E-state index is -4.39. The fraction of sp³-hybridized carbons (Fsp3) is 0.444. The second-order valence-electron chi connectivity index (χ2n) is 9.67. The zero-order valence-corrected chi connectivity index (χ0v) is 20.5. The molecule has 1 N–H and O–H groups in total. The monoisotopic (exact) mass is 484 g/mol. The Balaban J connectivity index is 1.58. The molecule has 1 saturated carbocycles. The molecule has 0 spiro atoms. The maximum atomic E-state index is 13.2. The van der Waals surface area contributed by atoms with E-state index in [0.717, 1.165) is 42.7 Å². The number of hydrogen-bond acceptors (Lipinski definition) is 4. The van der Waals surface area contributed by atoms with Gasteiger partial charge in [-0.15, -0.1) is 0 Å². The predicted molar refractivity (Wildman–Crippen MR) is 131 cm³/mol. The van der Waals surface area contributed by atoms with E-state index in [0.29, 0.717) is 23.1 Å². The fourth-order valence-electron chi connectivity index (χ4n) is 4.94. The number of hydrogen-bond donors (Lipinski definition) is 1. The summed E-state index contributed by atoms with van der Waals surface area (Å²) in [4.78, 5) is 23.1. The smallest absolute Gasteiger partial charge is 0.363 e. The molecule has 186 valence electrons. The molecule has 1 heterocycles. The third kappa shape index (κ3) is 5.57. The lowest BCUT2D eigenvalue weighted by molar-refractivity contribution is -0.137. The quantitative estimate of drug-likeness (QED) is 0.450. The number of nitrogens with one attached hydrogen (secondary N) is 1. The SMILES string of the molecule is Cc1nc(N[C@H](C)c2cccc(C(F)(F)F)c2)c2cc(C3CCC(C(=O)N(C)C)CC3)ccc2n1. The summed E-state index contributed by atoms with van der Waals surface area (Å²) in [6.45, 7) is 3.63. The zero-order valence-electron chi connectivity index (χ0n) is 20.5. The number of rotatable bonds is 5. The molecular weight excluding hydrogens is 453 g/mol. The van der Waals surface area contributed by atoms with E-state index in [-0.39, 0.29) is 17.9 Å². The minimum Gasteiger partial charge on any atom is -0.363 e. The van der Waals surface area contributed by atoms with E-state index in [1.54, 1.807) is 32.0 Å². The molecule has 0 aliphatic heterocycles. The van der Waals surface area contributed by atoms with Gasteiger partial charge in [-0.25, -0.2) is 9.97 Å². The standard InChI is InChI=1S/C27H31F3N4O/c1-16(20-6-5-7-22(14-20)27(28,29)30)31-25-23-15-21(12-13-24(23)32-17(2)33-25)18-8-10-19(11-9-18)26(35)34(3)4/h5-7,12-16,18-19H,8-11H2,1-4H3,(H,31,32,33)/t16-,18?,19?/m1/s1. The number of amides is 1. The normalized spacial score (nSPS) is 19.4. The van der Waals surface area contributed by atoms with Gasteiger partial charge < -0.3 is 10.2 Å². The molecule has 5 nitrogen and oxygen atoms in total. The van der Waals surface area contributed by atoms with E-state index in [1.165, 1.54) is 17.7 Å². The summed E-state index contributed by atoms with van der Waals surface area (Å²) in [7, 11) is 3.60. The first-order valence-electron chi connectivity index (χ1n) is 12.0. The Morgan fingerprint density at radius 1 is 1.06 bits per heavy atom. The largest absolute Gasteiger partial charge is 0.416 e. The van der Waals surface area contributed by atoms with E-state index in [4.69, 9.17) is 0 Å². The number of carbonyl (C=O) groups excluding carboxylic acids is 1. The molecule has 0 radical (unpaired) electrons. The molecule has 8 heteroatoms. The number of aromatic nitrogens is 2. The highest BCUT2D eigenvalue weighted by atomic mass is 19.4. The van der Waals surface area contributed by atoms with Gasteiger partial charge in [-0.3, -0.25) is 4.79 Å². The highest BCUT2D eigenvalue weighted by molar-refractivity contribution is 5.90. The Bertz CT molecular complexity index is 1220. The molecule has 1 aliphatic carbocycles. The molecule has 35 heavy (non-hydrogen) atoms. The van der Waals surface area contributed by atoms with Crippen LogP contribution < -0.4 is 5.32 Å². The lowest BCUT2D eigenvalue weighted by Gasteiger charge is -2.29. The molecule has 1 atom stereocenters. The van der Waals surface area contributed by atoms with E-state index < -0.39 is 11.7 Å². The van der Waals surface area contributed by atoms with Crippen LogP contribution in [0.3, 0.4) is 0 Å². The molecule has 0 unspecified atom stereocenters. The lowest BCUT2D eigenvalue weighted by Crippen LogP contribution is -2.31. The van der Waals surface area contributed by atoms with Crippen molar-refractivity contribution in [3.63, 3.8) is 0 Å². The van der Waals surface area contributed by atoms with E-state index >= 15 is 0 Å². The summed E-state index contributed by atoms with van der Waals surface area (Å²) >= 11 is 0. The molecule has 2 aromatic carbocycles. The van der Waals surface area contributed by atoms with Gasteiger partial charge in [0, 0.05) is 31.4 Å². The zero-order chi connectivity index (χ0) is 25.3. The van der Waals surface area contributed by atoms with Gasteiger partial charge in [-0.05, 0) is 80.8 Å². The highest BCUT2D eigenvalue weighted by Gasteiger charge is 2.31. The number of fused-ring (bicyclic) bond motifs is 1. The minimum absolute atomic E-state index is 0.0817. The van der Waals surface area contributed by atoms with Crippen molar-refractivity contribution in [1.82, 2.24) is 14.9 Å². The number of anilines is 1. The van der Waals surface area contributed by atoms with Crippen molar-refractivity contribution in [3.8, 4) is 0 Å². The summed E-state index contributed by atoms with van der Waals surface area (Å²) in [5.74, 6) is 1.82. The van der Waals surface area contributed by atoms with Gasteiger partial charge >= 0.3 is 6.18 Å². The Morgan fingerprint density at radius 2 is 1.77 bits per heavy atom. The maximum Gasteiger partial charge on any atom is 0.416 e. The van der Waals surface area contributed by atoms with Crippen LogP contribution in [0, 0.1) is 12.8 Å². The first kappa shape index (κ1) is 24.9. The number of carbonyl (C=O) groups is 1. The molecule has 1 amide bonds. The topological polar surface area (TPSA) is 58.1 Å². The number of benzene rings is 2. The highest BCUT2D eigenvalue weighted by Crippen LogP contribution is 2.38. The van der Waals surface area contributed by atoms with Crippen LogP contribution in [-0.2, 0) is 11.0 Å². The molecule has 3 aromatic rings. The molecule has 1 aromatic heterocycles. The van der Waals surface area contributed by atoms with Crippen LogP contribution in [-0.4, -0.2) is 34.9 Å². The number of nitrogens with zero attached hydrogens (tertiary/aromatic N) is 3. The van der Waals surface area contributed by atoms with Gasteiger partial charge in [0.1, 0.15) is 11.6 Å². The summed E-state index contributed by atoms with van der Waals surface area (Å²) < 4.78 is 39.6. The number of halogens is 3. The van der Waals surface area contributed by atoms with Crippen molar-refractivity contribution >= 4 is 22.6 Å².